The molecule has 1 heterocycles. The zero-order valence-electron chi connectivity index (χ0n) is 10.8. The van der Waals surface area contributed by atoms with Gasteiger partial charge in [-0.1, -0.05) is 18.2 Å². The van der Waals surface area contributed by atoms with Crippen molar-refractivity contribution < 1.29 is 9.72 Å². The molecule has 0 bridgehead atoms. The zero-order valence-corrected chi connectivity index (χ0v) is 11.6. The van der Waals surface area contributed by atoms with E-state index in [1.807, 2.05) is 18.2 Å². The van der Waals surface area contributed by atoms with E-state index in [1.54, 1.807) is 24.3 Å². The number of carbonyl (C=O) groups excluding carboxylic acids is 1. The molecule has 0 radical (unpaired) electrons. The number of rotatable bonds is 3. The third-order valence-corrected chi connectivity index (χ3v) is 4.08. The maximum atomic E-state index is 12.2. The molecule has 0 aliphatic carbocycles. The highest BCUT2D eigenvalue weighted by molar-refractivity contribution is 7.20. The number of nitrogens with zero attached hydrogens (tertiary/aromatic N) is 1. The number of nitrogens with one attached hydrogen (secondary N) is 1. The van der Waals surface area contributed by atoms with Gasteiger partial charge in [0.2, 0.25) is 0 Å². The lowest BCUT2D eigenvalue weighted by Gasteiger charge is -2.01. The second-order valence-corrected chi connectivity index (χ2v) is 5.49. The van der Waals surface area contributed by atoms with Gasteiger partial charge in [0.1, 0.15) is 0 Å². The first-order valence-electron chi connectivity index (χ1n) is 6.18. The van der Waals surface area contributed by atoms with Crippen LogP contribution in [0.2, 0.25) is 0 Å². The van der Waals surface area contributed by atoms with Crippen LogP contribution in [-0.2, 0) is 0 Å². The van der Waals surface area contributed by atoms with Crippen molar-refractivity contribution in [3.05, 3.63) is 69.6 Å². The highest BCUT2D eigenvalue weighted by atomic mass is 32.1. The van der Waals surface area contributed by atoms with Gasteiger partial charge in [0, 0.05) is 27.9 Å². The maximum absolute atomic E-state index is 12.2. The molecule has 0 atom stereocenters. The molecule has 5 nitrogen and oxygen atoms in total. The summed E-state index contributed by atoms with van der Waals surface area (Å²) >= 11 is 1.31. The first-order chi connectivity index (χ1) is 10.1. The summed E-state index contributed by atoms with van der Waals surface area (Å²) in [7, 11) is 0. The summed E-state index contributed by atoms with van der Waals surface area (Å²) in [5, 5.41) is 14.3. The van der Waals surface area contributed by atoms with E-state index >= 15 is 0 Å². The lowest BCUT2D eigenvalue weighted by Crippen LogP contribution is -2.09. The summed E-state index contributed by atoms with van der Waals surface area (Å²) in [4.78, 5) is 23.0. The Morgan fingerprint density at radius 3 is 2.57 bits per heavy atom. The van der Waals surface area contributed by atoms with Crippen LogP contribution < -0.4 is 5.32 Å². The second-order valence-electron chi connectivity index (χ2n) is 4.41. The number of para-hydroxylation sites is 1. The SMILES string of the molecule is O=C(Nc1ccccc1)c1cc2cc([N+](=O)[O-])ccc2s1. The van der Waals surface area contributed by atoms with Gasteiger partial charge in [0.05, 0.1) is 9.80 Å². The van der Waals surface area contributed by atoms with Crippen LogP contribution >= 0.6 is 11.3 Å². The van der Waals surface area contributed by atoms with Gasteiger partial charge in [-0.05, 0) is 24.3 Å². The predicted octanol–water partition coefficient (Wildman–Crippen LogP) is 4.06. The van der Waals surface area contributed by atoms with E-state index < -0.39 is 4.92 Å². The molecule has 3 aromatic rings. The van der Waals surface area contributed by atoms with Crippen LogP contribution in [0.15, 0.2) is 54.6 Å². The van der Waals surface area contributed by atoms with Crippen molar-refractivity contribution in [3.63, 3.8) is 0 Å². The molecule has 1 N–H and O–H groups in total. The van der Waals surface area contributed by atoms with Gasteiger partial charge in [0.25, 0.3) is 11.6 Å². The zero-order chi connectivity index (χ0) is 14.8. The topological polar surface area (TPSA) is 72.2 Å². The van der Waals surface area contributed by atoms with Crippen molar-refractivity contribution >= 4 is 38.7 Å². The van der Waals surface area contributed by atoms with E-state index in [4.69, 9.17) is 0 Å². The van der Waals surface area contributed by atoms with Crippen molar-refractivity contribution in [2.24, 2.45) is 0 Å². The fraction of sp³-hybridized carbons (Fsp3) is 0. The molecular weight excluding hydrogens is 288 g/mol. The highest BCUT2D eigenvalue weighted by Gasteiger charge is 2.13. The monoisotopic (exact) mass is 298 g/mol. The molecule has 1 aromatic heterocycles. The molecule has 0 saturated heterocycles. The van der Waals surface area contributed by atoms with Crippen molar-refractivity contribution in [2.45, 2.75) is 0 Å². The van der Waals surface area contributed by atoms with Crippen molar-refractivity contribution in [1.82, 2.24) is 0 Å². The largest absolute Gasteiger partial charge is 0.321 e. The Hall–Kier alpha value is -2.73. The van der Waals surface area contributed by atoms with Gasteiger partial charge >= 0.3 is 0 Å². The molecule has 21 heavy (non-hydrogen) atoms. The number of hydrogen-bond acceptors (Lipinski definition) is 4. The lowest BCUT2D eigenvalue weighted by atomic mass is 10.2. The molecule has 0 saturated carbocycles. The van der Waals surface area contributed by atoms with Crippen LogP contribution in [0, 0.1) is 10.1 Å². The van der Waals surface area contributed by atoms with Gasteiger partial charge in [-0.25, -0.2) is 0 Å². The minimum absolute atomic E-state index is 0.0234. The van der Waals surface area contributed by atoms with Crippen molar-refractivity contribution in [2.75, 3.05) is 5.32 Å². The van der Waals surface area contributed by atoms with Gasteiger partial charge < -0.3 is 5.32 Å². The fourth-order valence-corrected chi connectivity index (χ4v) is 2.91. The van der Waals surface area contributed by atoms with E-state index in [0.29, 0.717) is 16.0 Å². The molecule has 6 heteroatoms. The molecule has 0 unspecified atom stereocenters. The number of nitro groups is 1. The van der Waals surface area contributed by atoms with Crippen LogP contribution in [0.5, 0.6) is 0 Å². The van der Waals surface area contributed by atoms with Crippen LogP contribution in [0.1, 0.15) is 9.67 Å². The average molecular weight is 298 g/mol. The van der Waals surface area contributed by atoms with E-state index in [-0.39, 0.29) is 11.6 Å². The summed E-state index contributed by atoms with van der Waals surface area (Å²) in [6, 6.07) is 15.4. The number of hydrogen-bond donors (Lipinski definition) is 1. The van der Waals surface area contributed by atoms with Gasteiger partial charge in [0.15, 0.2) is 0 Å². The number of amides is 1. The molecule has 0 aliphatic rings. The Kier molecular flexibility index (Phi) is 3.37. The van der Waals surface area contributed by atoms with Crippen molar-refractivity contribution in [1.29, 1.82) is 0 Å². The lowest BCUT2D eigenvalue weighted by molar-refractivity contribution is -0.384. The Morgan fingerprint density at radius 1 is 1.10 bits per heavy atom. The highest BCUT2D eigenvalue weighted by Crippen LogP contribution is 2.29. The number of fused-ring (bicyclic) bond motifs is 1. The number of thiophene rings is 1. The molecule has 104 valence electrons. The molecule has 1 amide bonds. The Morgan fingerprint density at radius 2 is 1.86 bits per heavy atom. The quantitative estimate of drug-likeness (QED) is 0.585. The standard InChI is InChI=1S/C15H10N2O3S/c18-15(16-11-4-2-1-3-5-11)14-9-10-8-12(17(19)20)6-7-13(10)21-14/h1-9H,(H,16,18). The van der Waals surface area contributed by atoms with Gasteiger partial charge in [-0.2, -0.15) is 0 Å². The molecule has 0 aliphatic heterocycles. The Bertz CT molecular complexity index is 827. The van der Waals surface area contributed by atoms with E-state index in [2.05, 4.69) is 5.32 Å². The summed E-state index contributed by atoms with van der Waals surface area (Å²) in [6.07, 6.45) is 0. The summed E-state index contributed by atoms with van der Waals surface area (Å²) in [6.45, 7) is 0. The molecule has 2 aromatic carbocycles. The summed E-state index contributed by atoms with van der Waals surface area (Å²) < 4.78 is 0.846. The molecule has 0 spiro atoms. The first-order valence-corrected chi connectivity index (χ1v) is 6.99. The summed E-state index contributed by atoms with van der Waals surface area (Å²) in [5.41, 5.74) is 0.737. The van der Waals surface area contributed by atoms with Crippen LogP contribution in [-0.4, -0.2) is 10.8 Å². The van der Waals surface area contributed by atoms with E-state index in [9.17, 15) is 14.9 Å². The van der Waals surface area contributed by atoms with Crippen molar-refractivity contribution in [3.8, 4) is 0 Å². The average Bonchev–Trinajstić information content (AvgIpc) is 2.91. The Balaban J connectivity index is 1.90. The third-order valence-electron chi connectivity index (χ3n) is 2.97. The predicted molar refractivity (Wildman–Crippen MR) is 82.9 cm³/mol. The molecule has 0 fully saturated rings. The van der Waals surface area contributed by atoms with E-state index in [0.717, 1.165) is 4.70 Å². The molecule has 3 rings (SSSR count). The number of anilines is 1. The van der Waals surface area contributed by atoms with Gasteiger partial charge in [-0.3, -0.25) is 14.9 Å². The van der Waals surface area contributed by atoms with Gasteiger partial charge in [-0.15, -0.1) is 11.3 Å². The number of nitro benzene ring substituents is 1. The maximum Gasteiger partial charge on any atom is 0.270 e. The number of non-ortho nitro benzene ring substituents is 1. The van der Waals surface area contributed by atoms with Crippen LogP contribution in [0.3, 0.4) is 0 Å². The number of carbonyl (C=O) groups is 1. The van der Waals surface area contributed by atoms with Crippen LogP contribution in [0.25, 0.3) is 10.1 Å². The van der Waals surface area contributed by atoms with Crippen LogP contribution in [0.4, 0.5) is 11.4 Å². The third kappa shape index (κ3) is 2.75. The Labute approximate surface area is 124 Å². The first kappa shape index (κ1) is 13.3. The fourth-order valence-electron chi connectivity index (χ4n) is 1.97. The molecular formula is C15H10N2O3S. The van der Waals surface area contributed by atoms with E-state index in [1.165, 1.54) is 23.5 Å². The summed E-state index contributed by atoms with van der Waals surface area (Å²) in [5.74, 6) is -0.218. The minimum Gasteiger partial charge on any atom is -0.321 e. The second kappa shape index (κ2) is 5.34. The normalized spacial score (nSPS) is 10.5. The smallest absolute Gasteiger partial charge is 0.270 e. The number of benzene rings is 2. The minimum atomic E-state index is -0.444.